The van der Waals surface area contributed by atoms with Crippen LogP contribution in [0.2, 0.25) is 0 Å². The van der Waals surface area contributed by atoms with E-state index in [-0.39, 0.29) is 12.0 Å². The second kappa shape index (κ2) is 9.71. The number of likely N-dealkylation sites (tertiary alicyclic amines) is 1. The molecule has 7 nitrogen and oxygen atoms in total. The summed E-state index contributed by atoms with van der Waals surface area (Å²) in [6.45, 7) is 1.28. The summed E-state index contributed by atoms with van der Waals surface area (Å²) < 4.78 is 21.8. The lowest BCUT2D eigenvalue weighted by Gasteiger charge is -2.38. The lowest BCUT2D eigenvalue weighted by molar-refractivity contribution is -0.143. The highest BCUT2D eigenvalue weighted by atomic mass is 16.5. The second-order valence-electron chi connectivity index (χ2n) is 7.30. The zero-order valence-electron chi connectivity index (χ0n) is 17.9. The molecule has 0 spiro atoms. The predicted molar refractivity (Wildman–Crippen MR) is 113 cm³/mol. The molecule has 1 aliphatic rings. The summed E-state index contributed by atoms with van der Waals surface area (Å²) in [6.07, 6.45) is 1.52. The van der Waals surface area contributed by atoms with Gasteiger partial charge < -0.3 is 24.1 Å². The number of ether oxygens (including phenoxy) is 4. The summed E-state index contributed by atoms with van der Waals surface area (Å²) in [4.78, 5) is 13.9. The van der Waals surface area contributed by atoms with Crippen molar-refractivity contribution in [3.63, 3.8) is 0 Å². The first-order chi connectivity index (χ1) is 14.5. The van der Waals surface area contributed by atoms with E-state index in [0.717, 1.165) is 24.1 Å². The Balaban J connectivity index is 2.08. The van der Waals surface area contributed by atoms with Gasteiger partial charge in [-0.15, -0.1) is 0 Å². The van der Waals surface area contributed by atoms with Crippen LogP contribution in [0.5, 0.6) is 23.0 Å². The standard InChI is InChI=1S/C23H29NO6/c1-27-18-9-7-15(12-20(18)29-3)22(24-11-5-6-17(14-24)23(25)26)16-8-10-19(28-2)21(13-16)30-4/h7-10,12-13,17,22H,5-6,11,14H2,1-4H3,(H,25,26). The number of methoxy groups -OCH3 is 4. The third kappa shape index (κ3) is 4.46. The number of piperidine rings is 1. The number of hydrogen-bond acceptors (Lipinski definition) is 6. The monoisotopic (exact) mass is 415 g/mol. The molecule has 0 aromatic heterocycles. The van der Waals surface area contributed by atoms with E-state index in [1.807, 2.05) is 36.4 Å². The lowest BCUT2D eigenvalue weighted by atomic mass is 9.91. The van der Waals surface area contributed by atoms with E-state index < -0.39 is 5.97 Å². The third-order valence-corrected chi connectivity index (χ3v) is 5.61. The van der Waals surface area contributed by atoms with Crippen LogP contribution in [0.25, 0.3) is 0 Å². The van der Waals surface area contributed by atoms with E-state index >= 15 is 0 Å². The zero-order valence-corrected chi connectivity index (χ0v) is 17.9. The molecule has 7 heteroatoms. The van der Waals surface area contributed by atoms with Crippen LogP contribution in [-0.2, 0) is 4.79 Å². The molecule has 3 rings (SSSR count). The summed E-state index contributed by atoms with van der Waals surface area (Å²) in [6, 6.07) is 11.5. The van der Waals surface area contributed by atoms with Crippen LogP contribution in [0.15, 0.2) is 36.4 Å². The van der Waals surface area contributed by atoms with E-state index in [0.29, 0.717) is 36.0 Å². The van der Waals surface area contributed by atoms with Crippen molar-refractivity contribution in [1.29, 1.82) is 0 Å². The van der Waals surface area contributed by atoms with Crippen molar-refractivity contribution in [1.82, 2.24) is 4.90 Å². The summed E-state index contributed by atoms with van der Waals surface area (Å²) >= 11 is 0. The molecule has 0 aliphatic carbocycles. The third-order valence-electron chi connectivity index (χ3n) is 5.61. The van der Waals surface area contributed by atoms with E-state index in [9.17, 15) is 9.90 Å². The van der Waals surface area contributed by atoms with Crippen LogP contribution in [0, 0.1) is 5.92 Å². The Kier molecular flexibility index (Phi) is 7.05. The lowest BCUT2D eigenvalue weighted by Crippen LogP contribution is -2.41. The zero-order chi connectivity index (χ0) is 21.7. The minimum Gasteiger partial charge on any atom is -0.493 e. The molecular formula is C23H29NO6. The second-order valence-corrected chi connectivity index (χ2v) is 7.30. The molecule has 0 radical (unpaired) electrons. The Morgan fingerprint density at radius 1 is 0.900 bits per heavy atom. The highest BCUT2D eigenvalue weighted by Gasteiger charge is 2.32. The SMILES string of the molecule is COc1ccc(C(c2ccc(OC)c(OC)c2)N2CCCC(C(=O)O)C2)cc1OC. The average molecular weight is 415 g/mol. The Hall–Kier alpha value is -2.93. The maximum Gasteiger partial charge on any atom is 0.307 e. The summed E-state index contributed by atoms with van der Waals surface area (Å²) in [7, 11) is 6.42. The van der Waals surface area contributed by atoms with Gasteiger partial charge in [-0.25, -0.2) is 0 Å². The van der Waals surface area contributed by atoms with Crippen molar-refractivity contribution in [2.24, 2.45) is 5.92 Å². The largest absolute Gasteiger partial charge is 0.493 e. The molecule has 1 unspecified atom stereocenters. The molecule has 1 fully saturated rings. The molecule has 1 saturated heterocycles. The molecule has 162 valence electrons. The van der Waals surface area contributed by atoms with Crippen LogP contribution in [0.3, 0.4) is 0 Å². The quantitative estimate of drug-likeness (QED) is 0.706. The first kappa shape index (κ1) is 21.8. The fourth-order valence-electron chi connectivity index (χ4n) is 4.10. The van der Waals surface area contributed by atoms with Gasteiger partial charge in [0.25, 0.3) is 0 Å². The number of carbonyl (C=O) groups is 1. The Morgan fingerprint density at radius 3 is 1.83 bits per heavy atom. The molecule has 2 aromatic rings. The number of carboxylic acid groups (broad SMARTS) is 1. The first-order valence-corrected chi connectivity index (χ1v) is 9.93. The smallest absolute Gasteiger partial charge is 0.307 e. The topological polar surface area (TPSA) is 77.5 Å². The van der Waals surface area contributed by atoms with E-state index in [4.69, 9.17) is 18.9 Å². The van der Waals surface area contributed by atoms with Gasteiger partial charge in [-0.1, -0.05) is 12.1 Å². The van der Waals surface area contributed by atoms with Crippen molar-refractivity contribution in [3.8, 4) is 23.0 Å². The number of benzene rings is 2. The van der Waals surface area contributed by atoms with E-state index in [1.54, 1.807) is 28.4 Å². The van der Waals surface area contributed by atoms with E-state index in [2.05, 4.69) is 4.90 Å². The molecule has 1 aliphatic heterocycles. The fourth-order valence-corrected chi connectivity index (χ4v) is 4.10. The van der Waals surface area contributed by atoms with Crippen molar-refractivity contribution < 1.29 is 28.8 Å². The molecule has 1 atom stereocenters. The molecule has 0 bridgehead atoms. The van der Waals surface area contributed by atoms with Gasteiger partial charge in [0.05, 0.1) is 40.4 Å². The number of rotatable bonds is 8. The molecule has 1 N–H and O–H groups in total. The van der Waals surface area contributed by atoms with Gasteiger partial charge >= 0.3 is 5.97 Å². The van der Waals surface area contributed by atoms with Crippen molar-refractivity contribution in [2.75, 3.05) is 41.5 Å². The highest BCUT2D eigenvalue weighted by Crippen LogP contribution is 2.39. The molecule has 1 heterocycles. The van der Waals surface area contributed by atoms with Gasteiger partial charge in [0, 0.05) is 6.54 Å². The molecule has 0 amide bonds. The van der Waals surface area contributed by atoms with Gasteiger partial charge in [0.1, 0.15) is 0 Å². The Labute approximate surface area is 177 Å². The number of carboxylic acids is 1. The van der Waals surface area contributed by atoms with E-state index in [1.165, 1.54) is 0 Å². The van der Waals surface area contributed by atoms with Gasteiger partial charge in [-0.2, -0.15) is 0 Å². The molecule has 0 saturated carbocycles. The van der Waals surface area contributed by atoms with Gasteiger partial charge in [0.2, 0.25) is 0 Å². The fraction of sp³-hybridized carbons (Fsp3) is 0.435. The van der Waals surface area contributed by atoms with Gasteiger partial charge in [0.15, 0.2) is 23.0 Å². The number of aliphatic carboxylic acids is 1. The Morgan fingerprint density at radius 2 is 1.40 bits per heavy atom. The highest BCUT2D eigenvalue weighted by molar-refractivity contribution is 5.70. The summed E-state index contributed by atoms with van der Waals surface area (Å²) in [5.41, 5.74) is 1.98. The van der Waals surface area contributed by atoms with Crippen LogP contribution >= 0.6 is 0 Å². The first-order valence-electron chi connectivity index (χ1n) is 9.93. The van der Waals surface area contributed by atoms with Crippen molar-refractivity contribution in [3.05, 3.63) is 47.5 Å². The van der Waals surface area contributed by atoms with Gasteiger partial charge in [-0.3, -0.25) is 9.69 Å². The average Bonchev–Trinajstić information content (AvgIpc) is 2.79. The molecular weight excluding hydrogens is 386 g/mol. The summed E-state index contributed by atoms with van der Waals surface area (Å²) in [5, 5.41) is 9.58. The minimum atomic E-state index is -0.752. The van der Waals surface area contributed by atoms with Crippen LogP contribution in [0.4, 0.5) is 0 Å². The number of nitrogens with zero attached hydrogens (tertiary/aromatic N) is 1. The van der Waals surface area contributed by atoms with Crippen LogP contribution < -0.4 is 18.9 Å². The van der Waals surface area contributed by atoms with Crippen LogP contribution in [-0.4, -0.2) is 57.5 Å². The maximum absolute atomic E-state index is 11.7. The van der Waals surface area contributed by atoms with Crippen LogP contribution in [0.1, 0.15) is 30.0 Å². The minimum absolute atomic E-state index is 0.160. The van der Waals surface area contributed by atoms with Crippen molar-refractivity contribution >= 4 is 5.97 Å². The molecule has 30 heavy (non-hydrogen) atoms. The predicted octanol–water partition coefficient (Wildman–Crippen LogP) is 3.61. The Bertz CT molecular complexity index is 828. The number of hydrogen-bond donors (Lipinski definition) is 1. The summed E-state index contributed by atoms with van der Waals surface area (Å²) in [5.74, 6) is 1.42. The maximum atomic E-state index is 11.7. The molecule has 2 aromatic carbocycles. The normalized spacial score (nSPS) is 16.9. The van der Waals surface area contributed by atoms with Crippen molar-refractivity contribution in [2.45, 2.75) is 18.9 Å². The van der Waals surface area contributed by atoms with Gasteiger partial charge in [-0.05, 0) is 54.8 Å².